The van der Waals surface area contributed by atoms with Crippen molar-refractivity contribution >= 4 is 0 Å². The first-order valence-electron chi connectivity index (χ1n) is 7.08. The van der Waals surface area contributed by atoms with E-state index in [1.54, 1.807) is 0 Å². The molecule has 2 heterocycles. The zero-order valence-corrected chi connectivity index (χ0v) is 13.1. The van der Waals surface area contributed by atoms with Crippen LogP contribution in [0.2, 0.25) is 0 Å². The fraction of sp³-hybridized carbons (Fsp3) is 0.286. The Morgan fingerprint density at radius 2 is 1.92 bits per heavy atom. The summed E-state index contributed by atoms with van der Waals surface area (Å²) >= 11 is 0. The summed E-state index contributed by atoms with van der Waals surface area (Å²) in [5.41, 5.74) is 0.734. The topological polar surface area (TPSA) is 106 Å². The molecule has 0 radical (unpaired) electrons. The lowest BCUT2D eigenvalue weighted by atomic mass is 10.1. The third kappa shape index (κ3) is 2.77. The number of alkyl halides is 3. The van der Waals surface area contributed by atoms with Gasteiger partial charge in [0.2, 0.25) is 0 Å². The zero-order valence-electron chi connectivity index (χ0n) is 13.1. The molecule has 12 heteroatoms. The second-order valence-corrected chi connectivity index (χ2v) is 5.52. The molecule has 0 spiro atoms. The van der Waals surface area contributed by atoms with Crippen LogP contribution in [0.15, 0.2) is 27.8 Å². The lowest BCUT2D eigenvalue weighted by Gasteiger charge is -2.39. The van der Waals surface area contributed by atoms with Gasteiger partial charge >= 0.3 is 11.9 Å². The summed E-state index contributed by atoms with van der Waals surface area (Å²) in [4.78, 5) is 24.3. The lowest BCUT2D eigenvalue weighted by molar-refractivity contribution is -0.144. The van der Waals surface area contributed by atoms with Crippen molar-refractivity contribution in [3.05, 3.63) is 61.3 Å². The van der Waals surface area contributed by atoms with Gasteiger partial charge in [-0.1, -0.05) is 0 Å². The van der Waals surface area contributed by atoms with E-state index in [1.165, 1.54) is 0 Å². The highest BCUT2D eigenvalue weighted by Gasteiger charge is 2.35. The number of halogens is 4. The highest BCUT2D eigenvalue weighted by molar-refractivity contribution is 5.47. The molecule has 1 atom stereocenters. The average molecular weight is 375 g/mol. The molecule has 140 valence electrons. The molecular formula is C14H11F4N4O4-. The van der Waals surface area contributed by atoms with Crippen LogP contribution in [0, 0.1) is 11.0 Å². The first-order valence-corrected chi connectivity index (χ1v) is 7.08. The van der Waals surface area contributed by atoms with E-state index in [1.807, 2.05) is 0 Å². The van der Waals surface area contributed by atoms with E-state index >= 15 is 0 Å². The van der Waals surface area contributed by atoms with Crippen LogP contribution in [0.5, 0.6) is 5.75 Å². The number of hydrogen-bond acceptors (Lipinski definition) is 6. The number of aromatic nitrogens is 2. The van der Waals surface area contributed by atoms with Gasteiger partial charge in [-0.2, -0.15) is 13.2 Å². The second-order valence-electron chi connectivity index (χ2n) is 5.52. The van der Waals surface area contributed by atoms with E-state index < -0.39 is 47.5 Å². The van der Waals surface area contributed by atoms with Crippen molar-refractivity contribution in [1.82, 2.24) is 14.2 Å². The van der Waals surface area contributed by atoms with Crippen molar-refractivity contribution in [3.63, 3.8) is 0 Å². The van der Waals surface area contributed by atoms with Crippen molar-refractivity contribution in [3.8, 4) is 11.4 Å². The molecule has 0 aliphatic carbocycles. The number of nitrogens with two attached hydrogens (primary N) is 1. The number of rotatable bonds is 1. The molecule has 3 rings (SSSR count). The van der Waals surface area contributed by atoms with Crippen LogP contribution in [-0.4, -0.2) is 20.9 Å². The summed E-state index contributed by atoms with van der Waals surface area (Å²) in [7, 11) is 0.797. The molecule has 2 N–H and O–H groups in total. The van der Waals surface area contributed by atoms with Gasteiger partial charge in [-0.3, -0.25) is 9.36 Å². The third-order valence-corrected chi connectivity index (χ3v) is 3.91. The molecule has 1 aliphatic rings. The van der Waals surface area contributed by atoms with Crippen LogP contribution in [0.25, 0.3) is 5.69 Å². The quantitative estimate of drug-likeness (QED) is 0.740. The molecule has 8 nitrogen and oxygen atoms in total. The molecule has 1 unspecified atom stereocenters. The van der Waals surface area contributed by atoms with E-state index in [9.17, 15) is 32.4 Å². The van der Waals surface area contributed by atoms with Gasteiger partial charge < -0.3 is 20.7 Å². The van der Waals surface area contributed by atoms with Gasteiger partial charge in [0, 0.05) is 24.7 Å². The van der Waals surface area contributed by atoms with Gasteiger partial charge in [0.1, 0.15) is 18.2 Å². The number of ether oxygens (including phenoxy) is 1. The molecule has 26 heavy (non-hydrogen) atoms. The zero-order chi connectivity index (χ0) is 19.4. The first-order chi connectivity index (χ1) is 12.0. The number of nitrogens with zero attached hydrogens (tertiary/aromatic N) is 3. The highest BCUT2D eigenvalue weighted by Crippen LogP contribution is 2.33. The Morgan fingerprint density at radius 1 is 1.27 bits per heavy atom. The first kappa shape index (κ1) is 18.1. The number of fused-ring (bicyclic) bond motifs is 1. The SMILES string of the molecule is Cn1c(C(F)(F)F)cc(=O)n(-c2cc3c(cc2F)OCN([O-])C3N)c1=O. The minimum absolute atomic E-state index is 0.0171. The summed E-state index contributed by atoms with van der Waals surface area (Å²) in [6.07, 6.45) is -6.20. The fourth-order valence-corrected chi connectivity index (χ4v) is 2.58. The summed E-state index contributed by atoms with van der Waals surface area (Å²) < 4.78 is 58.4. The Labute approximate surface area is 142 Å². The van der Waals surface area contributed by atoms with Gasteiger partial charge in [0.25, 0.3) is 5.56 Å². The number of benzene rings is 1. The third-order valence-electron chi connectivity index (χ3n) is 3.91. The van der Waals surface area contributed by atoms with E-state index in [2.05, 4.69) is 0 Å². The van der Waals surface area contributed by atoms with Gasteiger partial charge in [0.15, 0.2) is 5.82 Å². The Balaban J connectivity index is 2.28. The summed E-state index contributed by atoms with van der Waals surface area (Å²) in [6.45, 7) is -0.449. The average Bonchev–Trinajstić information content (AvgIpc) is 2.54. The second kappa shape index (κ2) is 5.93. The standard InChI is InChI=1S/C14H11F4N4O4/c1-20-10(14(16,17)18)4-11(23)22(13(20)24)8-2-6-9(3-7(8)15)26-5-21(25)12(6)19/h2-4,12H,5,19H2,1H3/q-1. The smallest absolute Gasteiger partial charge is 0.431 e. The van der Waals surface area contributed by atoms with Crippen molar-refractivity contribution in [1.29, 1.82) is 0 Å². The Hall–Kier alpha value is -2.70. The summed E-state index contributed by atoms with van der Waals surface area (Å²) in [6, 6.07) is 1.91. The van der Waals surface area contributed by atoms with E-state index in [4.69, 9.17) is 10.5 Å². The fourth-order valence-electron chi connectivity index (χ4n) is 2.58. The predicted octanol–water partition coefficient (Wildman–Crippen LogP) is 0.801. The molecule has 0 fully saturated rings. The molecule has 2 aromatic rings. The largest absolute Gasteiger partial charge is 0.781 e. The van der Waals surface area contributed by atoms with Crippen molar-refractivity contribution in [2.45, 2.75) is 12.3 Å². The summed E-state index contributed by atoms with van der Waals surface area (Å²) in [5, 5.41) is 11.9. The highest BCUT2D eigenvalue weighted by atomic mass is 19.4. The summed E-state index contributed by atoms with van der Waals surface area (Å²) in [5.74, 6) is -1.17. The molecule has 0 saturated carbocycles. The van der Waals surface area contributed by atoms with Crippen molar-refractivity contribution in [2.24, 2.45) is 12.8 Å². The maximum absolute atomic E-state index is 14.4. The van der Waals surface area contributed by atoms with Crippen LogP contribution in [0.4, 0.5) is 17.6 Å². The van der Waals surface area contributed by atoms with Crippen LogP contribution < -0.4 is 21.7 Å². The molecular weight excluding hydrogens is 364 g/mol. The van der Waals surface area contributed by atoms with Gasteiger partial charge in [-0.05, 0) is 6.07 Å². The van der Waals surface area contributed by atoms with Crippen LogP contribution in [0.1, 0.15) is 17.4 Å². The van der Waals surface area contributed by atoms with Crippen LogP contribution >= 0.6 is 0 Å². The number of hydroxylamine groups is 2. The lowest BCUT2D eigenvalue weighted by Crippen LogP contribution is -2.41. The van der Waals surface area contributed by atoms with Gasteiger partial charge in [0.05, 0.1) is 11.9 Å². The van der Waals surface area contributed by atoms with E-state index in [0.717, 1.165) is 19.2 Å². The molecule has 0 saturated heterocycles. The Bertz CT molecular complexity index is 998. The normalized spacial score (nSPS) is 17.7. The maximum Gasteiger partial charge on any atom is 0.431 e. The van der Waals surface area contributed by atoms with Gasteiger partial charge in [-0.25, -0.2) is 13.8 Å². The van der Waals surface area contributed by atoms with Crippen LogP contribution in [-0.2, 0) is 13.2 Å². The van der Waals surface area contributed by atoms with E-state index in [0.29, 0.717) is 5.06 Å². The molecule has 0 amide bonds. The molecule has 1 aromatic heterocycles. The van der Waals surface area contributed by atoms with Gasteiger partial charge in [-0.15, -0.1) is 0 Å². The van der Waals surface area contributed by atoms with Crippen molar-refractivity contribution < 1.29 is 22.3 Å². The number of hydrogen-bond donors (Lipinski definition) is 1. The van der Waals surface area contributed by atoms with E-state index in [-0.39, 0.29) is 26.5 Å². The maximum atomic E-state index is 14.4. The molecule has 1 aliphatic heterocycles. The monoisotopic (exact) mass is 375 g/mol. The Morgan fingerprint density at radius 3 is 2.54 bits per heavy atom. The molecule has 1 aromatic carbocycles. The Kier molecular flexibility index (Phi) is 4.13. The van der Waals surface area contributed by atoms with Crippen molar-refractivity contribution in [2.75, 3.05) is 6.73 Å². The molecule has 0 bridgehead atoms. The minimum atomic E-state index is -4.94. The van der Waals surface area contributed by atoms with Crippen LogP contribution in [0.3, 0.4) is 0 Å². The minimum Gasteiger partial charge on any atom is -0.781 e. The predicted molar refractivity (Wildman–Crippen MR) is 79.9 cm³/mol.